The second kappa shape index (κ2) is 19.0. The molecular formula is C39H58N8O2. The number of aryl methyl sites for hydroxylation is 1. The molecule has 0 spiro atoms. The first-order valence-corrected chi connectivity index (χ1v) is 17.2. The van der Waals surface area contributed by atoms with Gasteiger partial charge in [-0.25, -0.2) is 5.43 Å². The summed E-state index contributed by atoms with van der Waals surface area (Å²) in [5.41, 5.74) is 11.9. The lowest BCUT2D eigenvalue weighted by atomic mass is 9.67. The minimum atomic E-state index is -0.664. The molecule has 2 fully saturated rings. The van der Waals surface area contributed by atoms with E-state index in [0.29, 0.717) is 23.8 Å². The van der Waals surface area contributed by atoms with Crippen LogP contribution in [0.15, 0.2) is 59.3 Å². The van der Waals surface area contributed by atoms with Crippen LogP contribution >= 0.6 is 0 Å². The van der Waals surface area contributed by atoms with Crippen molar-refractivity contribution in [3.8, 4) is 18.9 Å². The maximum atomic E-state index is 13.3. The van der Waals surface area contributed by atoms with E-state index in [1.807, 2.05) is 43.3 Å². The first kappa shape index (κ1) is 40.8. The number of amides is 2. The van der Waals surface area contributed by atoms with Gasteiger partial charge in [0.05, 0.1) is 18.0 Å². The largest absolute Gasteiger partial charge is 0.392 e. The van der Waals surface area contributed by atoms with Crippen LogP contribution in [0.5, 0.6) is 0 Å². The number of benzene rings is 1. The molecule has 2 amide bonds. The third kappa shape index (κ3) is 9.00. The van der Waals surface area contributed by atoms with Crippen molar-refractivity contribution in [2.75, 3.05) is 34.7 Å². The van der Waals surface area contributed by atoms with Crippen LogP contribution in [0.25, 0.3) is 0 Å². The van der Waals surface area contributed by atoms with Crippen molar-refractivity contribution in [2.24, 2.45) is 16.8 Å². The fourth-order valence-corrected chi connectivity index (χ4v) is 7.51. The van der Waals surface area contributed by atoms with Crippen molar-refractivity contribution in [2.45, 2.75) is 89.8 Å². The number of terminal acetylenes is 1. The molecule has 1 aromatic carbocycles. The predicted molar refractivity (Wildman–Crippen MR) is 201 cm³/mol. The number of allylic oxidation sites excluding steroid dienone is 3. The van der Waals surface area contributed by atoms with Crippen LogP contribution in [-0.2, 0) is 16.6 Å². The molecule has 4 rings (SSSR count). The van der Waals surface area contributed by atoms with E-state index < -0.39 is 5.41 Å². The van der Waals surface area contributed by atoms with Gasteiger partial charge in [-0.1, -0.05) is 51.1 Å². The Morgan fingerprint density at radius 2 is 1.92 bits per heavy atom. The van der Waals surface area contributed by atoms with Gasteiger partial charge in [-0.15, -0.1) is 12.8 Å². The Morgan fingerprint density at radius 3 is 2.45 bits per heavy atom. The molecule has 6 atom stereocenters. The van der Waals surface area contributed by atoms with E-state index in [2.05, 4.69) is 86.6 Å². The number of likely N-dealkylation sites (tertiary alicyclic amines) is 1. The number of carbonyl (C=O) groups is 2. The Morgan fingerprint density at radius 1 is 1.22 bits per heavy atom. The standard InChI is InChI=1S/C31H43N7O2.C6H13N.C2H2/c1-8-21-9-10-22-13-23(29(40)33-5)11-12-26(22)31(20(21)4,30(34-6)37-35-7)15-18(2)36-17-27(39)38-24(16-32)14-25-19(3)28(25)38;1-4-5-6(2)7-3;1-2/h8,11-13,18-19,24-25,28,35-36H,1,9-10,14-15,17H2,2-7H3,(H,33,40)(H,34,37);7H,2,4-5H2,1,3H3;1-2H. The maximum Gasteiger partial charge on any atom is 0.251 e. The quantitative estimate of drug-likeness (QED) is 0.0965. The van der Waals surface area contributed by atoms with E-state index in [1.54, 1.807) is 14.1 Å². The summed E-state index contributed by atoms with van der Waals surface area (Å²) in [5, 5.41) is 18.8. The van der Waals surface area contributed by atoms with Gasteiger partial charge < -0.3 is 26.3 Å². The summed E-state index contributed by atoms with van der Waals surface area (Å²) in [6.07, 6.45) is 15.2. The van der Waals surface area contributed by atoms with Crippen LogP contribution in [0.2, 0.25) is 0 Å². The molecule has 1 aliphatic heterocycles. The Labute approximate surface area is 294 Å². The van der Waals surface area contributed by atoms with Crippen molar-refractivity contribution >= 4 is 17.6 Å². The zero-order chi connectivity index (χ0) is 36.9. The summed E-state index contributed by atoms with van der Waals surface area (Å²) in [7, 11) is 7.12. The molecule has 6 unspecified atom stereocenters. The molecule has 0 aromatic heterocycles. The summed E-state index contributed by atoms with van der Waals surface area (Å²) in [6, 6.07) is 8.01. The molecule has 1 aromatic rings. The molecule has 1 heterocycles. The first-order chi connectivity index (χ1) is 23.5. The minimum Gasteiger partial charge on any atom is -0.392 e. The highest BCUT2D eigenvalue weighted by Crippen LogP contribution is 2.53. The maximum absolute atomic E-state index is 13.3. The van der Waals surface area contributed by atoms with Gasteiger partial charge in [0.1, 0.15) is 11.9 Å². The van der Waals surface area contributed by atoms with Crippen LogP contribution in [0, 0.1) is 36.0 Å². The molecule has 10 heteroatoms. The number of nitriles is 1. The molecule has 10 nitrogen and oxygen atoms in total. The highest BCUT2D eigenvalue weighted by atomic mass is 16.2. The normalized spacial score (nSPS) is 24.2. The van der Waals surface area contributed by atoms with Crippen LogP contribution in [0.4, 0.5) is 0 Å². The Kier molecular flexibility index (Phi) is 15.8. The van der Waals surface area contributed by atoms with Gasteiger partial charge in [-0.2, -0.15) is 5.26 Å². The van der Waals surface area contributed by atoms with Crippen molar-refractivity contribution in [1.29, 1.82) is 5.26 Å². The second-order valence-corrected chi connectivity index (χ2v) is 12.9. The zero-order valence-electron chi connectivity index (χ0n) is 30.9. The highest BCUT2D eigenvalue weighted by Gasteiger charge is 2.60. The van der Waals surface area contributed by atoms with Crippen LogP contribution < -0.4 is 26.8 Å². The van der Waals surface area contributed by atoms with Crippen LogP contribution in [0.3, 0.4) is 0 Å². The van der Waals surface area contributed by atoms with E-state index in [4.69, 9.17) is 4.99 Å². The fraction of sp³-hybridized carbons (Fsp3) is 0.538. The first-order valence-electron chi connectivity index (χ1n) is 17.2. The Balaban J connectivity index is 0.000000824. The van der Waals surface area contributed by atoms with Gasteiger partial charge in [0.2, 0.25) is 5.91 Å². The molecule has 1 saturated carbocycles. The molecule has 5 N–H and O–H groups in total. The van der Waals surface area contributed by atoms with E-state index in [9.17, 15) is 14.9 Å². The number of hydrogen-bond acceptors (Lipinski definition) is 7. The molecule has 1 saturated heterocycles. The third-order valence-electron chi connectivity index (χ3n) is 10.2. The van der Waals surface area contributed by atoms with Crippen LogP contribution in [-0.4, -0.2) is 75.4 Å². The van der Waals surface area contributed by atoms with E-state index in [0.717, 1.165) is 59.5 Å². The van der Waals surface area contributed by atoms with Gasteiger partial charge in [0, 0.05) is 51.5 Å². The molecule has 3 aliphatic rings. The molecule has 0 radical (unpaired) electrons. The average molecular weight is 671 g/mol. The van der Waals surface area contributed by atoms with Crippen molar-refractivity contribution in [3.05, 3.63) is 71.0 Å². The average Bonchev–Trinajstić information content (AvgIpc) is 3.59. The SMILES string of the molecule is C#C.C=C(CCC)NC.C=CC1=C(C)C(CC(C)NCC(=O)N2C(C#N)CC3C(C)C32)(C(=NC)NNC)c2ccc(C(=O)NC)cc2CC1. The Bertz CT molecular complexity index is 1470. The third-order valence-corrected chi connectivity index (χ3v) is 10.2. The number of nitrogens with zero attached hydrogens (tertiary/aromatic N) is 3. The smallest absolute Gasteiger partial charge is 0.251 e. The number of hydrogen-bond donors (Lipinski definition) is 5. The Hall–Kier alpha value is -4.38. The topological polar surface area (TPSA) is 134 Å². The fourth-order valence-electron chi connectivity index (χ4n) is 7.51. The number of carbonyl (C=O) groups excluding carboxylic acids is 2. The van der Waals surface area contributed by atoms with Gasteiger partial charge >= 0.3 is 0 Å². The number of fused-ring (bicyclic) bond motifs is 2. The van der Waals surface area contributed by atoms with Gasteiger partial charge in [0.25, 0.3) is 5.91 Å². The molecular weight excluding hydrogens is 612 g/mol. The number of aliphatic imine (C=N–C) groups is 1. The number of hydrazine groups is 1. The van der Waals surface area contributed by atoms with Gasteiger partial charge in [0.15, 0.2) is 0 Å². The van der Waals surface area contributed by atoms with Crippen LogP contribution in [0.1, 0.15) is 81.3 Å². The summed E-state index contributed by atoms with van der Waals surface area (Å²) in [6.45, 7) is 16.6. The second-order valence-electron chi connectivity index (χ2n) is 12.9. The predicted octanol–water partition coefficient (Wildman–Crippen LogP) is 4.38. The van der Waals surface area contributed by atoms with E-state index in [1.165, 1.54) is 6.42 Å². The minimum absolute atomic E-state index is 0.0161. The molecule has 49 heavy (non-hydrogen) atoms. The van der Waals surface area contributed by atoms with Crippen molar-refractivity contribution in [3.63, 3.8) is 0 Å². The van der Waals surface area contributed by atoms with E-state index >= 15 is 0 Å². The molecule has 0 bridgehead atoms. The number of nitrogens with one attached hydrogen (secondary N) is 5. The van der Waals surface area contributed by atoms with Crippen molar-refractivity contribution < 1.29 is 9.59 Å². The lowest BCUT2D eigenvalue weighted by Gasteiger charge is -2.40. The van der Waals surface area contributed by atoms with Gasteiger partial charge in [-0.3, -0.25) is 14.6 Å². The lowest BCUT2D eigenvalue weighted by molar-refractivity contribution is -0.131. The summed E-state index contributed by atoms with van der Waals surface area (Å²) in [4.78, 5) is 32.4. The zero-order valence-corrected chi connectivity index (χ0v) is 30.9. The number of rotatable bonds is 12. The van der Waals surface area contributed by atoms with Gasteiger partial charge in [-0.05, 0) is 86.6 Å². The summed E-state index contributed by atoms with van der Waals surface area (Å²) < 4.78 is 0. The van der Waals surface area contributed by atoms with E-state index in [-0.39, 0.29) is 36.5 Å². The van der Waals surface area contributed by atoms with Crippen molar-refractivity contribution in [1.82, 2.24) is 31.7 Å². The monoisotopic (exact) mass is 670 g/mol. The highest BCUT2D eigenvalue weighted by molar-refractivity contribution is 5.98. The molecule has 266 valence electrons. The lowest BCUT2D eigenvalue weighted by Crippen LogP contribution is -2.53. The molecule has 2 aliphatic carbocycles. The summed E-state index contributed by atoms with van der Waals surface area (Å²) in [5.74, 6) is 1.54. The number of piperidine rings is 1. The number of amidine groups is 1. The summed E-state index contributed by atoms with van der Waals surface area (Å²) >= 11 is 0.